The van der Waals surface area contributed by atoms with E-state index in [1.54, 1.807) is 7.11 Å². The summed E-state index contributed by atoms with van der Waals surface area (Å²) in [6.45, 7) is 4.18. The standard InChI is InChI=1S/C17H17NO/c1-11-4-6-13(7-5-11)15-9-8-14(19-3)10-16(15)17-12(2)18-17/h4-10,17H,1-3H3. The van der Waals surface area contributed by atoms with Crippen LogP contribution < -0.4 is 4.74 Å². The maximum atomic E-state index is 5.33. The Morgan fingerprint density at radius 3 is 2.26 bits per heavy atom. The number of hydrogen-bond acceptors (Lipinski definition) is 2. The van der Waals surface area contributed by atoms with Crippen LogP contribution in [-0.4, -0.2) is 12.8 Å². The molecule has 3 rings (SSSR count). The van der Waals surface area contributed by atoms with E-state index >= 15 is 0 Å². The molecule has 0 saturated heterocycles. The number of aliphatic imine (C=N–C) groups is 1. The second-order valence-electron chi connectivity index (χ2n) is 4.99. The lowest BCUT2D eigenvalue weighted by atomic mass is 9.95. The van der Waals surface area contributed by atoms with E-state index in [-0.39, 0.29) is 6.04 Å². The second-order valence-corrected chi connectivity index (χ2v) is 4.99. The van der Waals surface area contributed by atoms with Crippen LogP contribution in [0.1, 0.15) is 24.1 Å². The maximum Gasteiger partial charge on any atom is 0.119 e. The molecule has 19 heavy (non-hydrogen) atoms. The van der Waals surface area contributed by atoms with E-state index in [9.17, 15) is 0 Å². The Labute approximate surface area is 113 Å². The quantitative estimate of drug-likeness (QED) is 0.801. The summed E-state index contributed by atoms with van der Waals surface area (Å²) in [5.74, 6) is 0.890. The van der Waals surface area contributed by atoms with Crippen LogP contribution in [0.3, 0.4) is 0 Å². The zero-order chi connectivity index (χ0) is 13.4. The molecule has 2 aromatic rings. The lowest BCUT2D eigenvalue weighted by Crippen LogP contribution is -1.94. The predicted octanol–water partition coefficient (Wildman–Crippen LogP) is 4.19. The van der Waals surface area contributed by atoms with E-state index < -0.39 is 0 Å². The van der Waals surface area contributed by atoms with Gasteiger partial charge in [0, 0.05) is 5.71 Å². The molecule has 1 heterocycles. The van der Waals surface area contributed by atoms with Crippen molar-refractivity contribution in [3.63, 3.8) is 0 Å². The van der Waals surface area contributed by atoms with Crippen LogP contribution in [0, 0.1) is 6.92 Å². The van der Waals surface area contributed by atoms with Crippen LogP contribution in [0.15, 0.2) is 47.5 Å². The van der Waals surface area contributed by atoms with Gasteiger partial charge in [-0.05, 0) is 42.7 Å². The topological polar surface area (TPSA) is 21.6 Å². The highest BCUT2D eigenvalue weighted by atomic mass is 16.5. The van der Waals surface area contributed by atoms with Gasteiger partial charge in [0.25, 0.3) is 0 Å². The first-order valence-corrected chi connectivity index (χ1v) is 6.48. The fraction of sp³-hybridized carbons (Fsp3) is 0.235. The summed E-state index contributed by atoms with van der Waals surface area (Å²) in [5, 5.41) is 0. The molecule has 96 valence electrons. The van der Waals surface area contributed by atoms with Crippen molar-refractivity contribution in [2.24, 2.45) is 4.99 Å². The number of nitrogens with zero attached hydrogens (tertiary/aromatic N) is 1. The Morgan fingerprint density at radius 2 is 1.68 bits per heavy atom. The Bertz CT molecular complexity index is 641. The second kappa shape index (κ2) is 4.54. The first-order chi connectivity index (χ1) is 9.19. The highest BCUT2D eigenvalue weighted by Gasteiger charge is 2.27. The molecule has 1 unspecified atom stereocenters. The van der Waals surface area contributed by atoms with Crippen molar-refractivity contribution in [2.45, 2.75) is 19.9 Å². The number of ether oxygens (including phenoxy) is 1. The number of aryl methyl sites for hydroxylation is 1. The average molecular weight is 251 g/mol. The molecule has 0 amide bonds. The van der Waals surface area contributed by atoms with Crippen LogP contribution in [0.5, 0.6) is 5.75 Å². The molecule has 2 heteroatoms. The van der Waals surface area contributed by atoms with E-state index in [1.165, 1.54) is 28.0 Å². The van der Waals surface area contributed by atoms with Gasteiger partial charge in [-0.15, -0.1) is 0 Å². The molecule has 0 saturated carbocycles. The third kappa shape index (κ3) is 2.26. The molecule has 0 radical (unpaired) electrons. The summed E-state index contributed by atoms with van der Waals surface area (Å²) in [5.41, 5.74) is 6.18. The summed E-state index contributed by atoms with van der Waals surface area (Å²) in [6, 6.07) is 15.1. The van der Waals surface area contributed by atoms with E-state index in [0.29, 0.717) is 0 Å². The monoisotopic (exact) mass is 251 g/mol. The summed E-state index contributed by atoms with van der Waals surface area (Å²) in [6.07, 6.45) is 0. The molecule has 0 aromatic heterocycles. The van der Waals surface area contributed by atoms with Gasteiger partial charge in [0.05, 0.1) is 7.11 Å². The molecule has 1 aliphatic heterocycles. The highest BCUT2D eigenvalue weighted by molar-refractivity contribution is 6.01. The van der Waals surface area contributed by atoms with Crippen molar-refractivity contribution >= 4 is 5.71 Å². The molecule has 0 fully saturated rings. The normalized spacial score (nSPS) is 17.0. The molecule has 0 bridgehead atoms. The molecule has 1 aliphatic rings. The van der Waals surface area contributed by atoms with Gasteiger partial charge in [0.15, 0.2) is 0 Å². The number of methoxy groups -OCH3 is 1. The van der Waals surface area contributed by atoms with E-state index in [0.717, 1.165) is 5.75 Å². The van der Waals surface area contributed by atoms with Crippen molar-refractivity contribution in [3.05, 3.63) is 53.6 Å². The van der Waals surface area contributed by atoms with Crippen LogP contribution in [-0.2, 0) is 0 Å². The molecule has 0 aliphatic carbocycles. The maximum absolute atomic E-state index is 5.33. The lowest BCUT2D eigenvalue weighted by Gasteiger charge is -2.11. The Hall–Kier alpha value is -2.09. The molecule has 2 nitrogen and oxygen atoms in total. The molecule has 0 N–H and O–H groups in total. The summed E-state index contributed by atoms with van der Waals surface area (Å²) < 4.78 is 5.33. The number of benzene rings is 2. The Kier molecular flexibility index (Phi) is 2.86. The Morgan fingerprint density at radius 1 is 1.00 bits per heavy atom. The lowest BCUT2D eigenvalue weighted by molar-refractivity contribution is 0.414. The number of hydrogen-bond donors (Lipinski definition) is 0. The minimum Gasteiger partial charge on any atom is -0.497 e. The first-order valence-electron chi connectivity index (χ1n) is 6.48. The zero-order valence-corrected chi connectivity index (χ0v) is 11.5. The van der Waals surface area contributed by atoms with Crippen LogP contribution in [0.2, 0.25) is 0 Å². The molecular formula is C17H17NO. The average Bonchev–Trinajstić information content (AvgIpc) is 3.16. The van der Waals surface area contributed by atoms with Crippen molar-refractivity contribution in [1.82, 2.24) is 0 Å². The minimum absolute atomic E-state index is 0.242. The van der Waals surface area contributed by atoms with Gasteiger partial charge in [-0.3, -0.25) is 4.99 Å². The van der Waals surface area contributed by atoms with Gasteiger partial charge >= 0.3 is 0 Å². The van der Waals surface area contributed by atoms with Gasteiger partial charge in [-0.1, -0.05) is 35.9 Å². The summed E-state index contributed by atoms with van der Waals surface area (Å²) in [4.78, 5) is 4.47. The predicted molar refractivity (Wildman–Crippen MR) is 79.0 cm³/mol. The highest BCUT2D eigenvalue weighted by Crippen LogP contribution is 2.39. The van der Waals surface area contributed by atoms with Gasteiger partial charge in [0.2, 0.25) is 0 Å². The van der Waals surface area contributed by atoms with Crippen LogP contribution in [0.4, 0.5) is 0 Å². The van der Waals surface area contributed by atoms with Crippen LogP contribution >= 0.6 is 0 Å². The zero-order valence-electron chi connectivity index (χ0n) is 11.5. The summed E-state index contributed by atoms with van der Waals surface area (Å²) in [7, 11) is 1.70. The van der Waals surface area contributed by atoms with Crippen LogP contribution in [0.25, 0.3) is 11.1 Å². The van der Waals surface area contributed by atoms with Gasteiger partial charge in [-0.25, -0.2) is 0 Å². The van der Waals surface area contributed by atoms with Crippen molar-refractivity contribution in [1.29, 1.82) is 0 Å². The Balaban J connectivity index is 2.07. The third-order valence-electron chi connectivity index (χ3n) is 3.58. The molecule has 1 atom stereocenters. The smallest absolute Gasteiger partial charge is 0.119 e. The van der Waals surface area contributed by atoms with E-state index in [4.69, 9.17) is 4.74 Å². The third-order valence-corrected chi connectivity index (χ3v) is 3.58. The SMILES string of the molecule is COc1ccc(-c2ccc(C)cc2)c(C2N=C2C)c1. The van der Waals surface area contributed by atoms with Gasteiger partial charge in [0.1, 0.15) is 11.8 Å². The first kappa shape index (κ1) is 12.0. The fourth-order valence-corrected chi connectivity index (χ4v) is 2.35. The van der Waals surface area contributed by atoms with E-state index in [1.807, 2.05) is 6.07 Å². The minimum atomic E-state index is 0.242. The van der Waals surface area contributed by atoms with Crippen molar-refractivity contribution in [2.75, 3.05) is 7.11 Å². The fourth-order valence-electron chi connectivity index (χ4n) is 2.35. The molecule has 0 spiro atoms. The van der Waals surface area contributed by atoms with Crippen molar-refractivity contribution < 1.29 is 4.74 Å². The van der Waals surface area contributed by atoms with Gasteiger partial charge < -0.3 is 4.74 Å². The summed E-state index contributed by atoms with van der Waals surface area (Å²) >= 11 is 0. The number of rotatable bonds is 3. The van der Waals surface area contributed by atoms with Crippen molar-refractivity contribution in [3.8, 4) is 16.9 Å². The molecular weight excluding hydrogens is 234 g/mol. The van der Waals surface area contributed by atoms with Gasteiger partial charge in [-0.2, -0.15) is 0 Å². The van der Waals surface area contributed by atoms with E-state index in [2.05, 4.69) is 55.2 Å². The largest absolute Gasteiger partial charge is 0.497 e. The molecule has 2 aromatic carbocycles.